The van der Waals surface area contributed by atoms with Gasteiger partial charge in [0.1, 0.15) is 0 Å². The fourth-order valence-electron chi connectivity index (χ4n) is 1.37. The van der Waals surface area contributed by atoms with Gasteiger partial charge in [-0.05, 0) is 25.7 Å². The average molecular weight is 270 g/mol. The summed E-state index contributed by atoms with van der Waals surface area (Å²) in [6.07, 6.45) is 4.17. The van der Waals surface area contributed by atoms with Crippen molar-refractivity contribution >= 4 is 22.6 Å². The first kappa shape index (κ1) is 9.74. The number of aliphatic hydroxyl groups excluding tert-OH is 1. The van der Waals surface area contributed by atoms with Gasteiger partial charge in [-0.15, -0.1) is 0 Å². The van der Waals surface area contributed by atoms with E-state index < -0.39 is 0 Å². The highest BCUT2D eigenvalue weighted by Crippen LogP contribution is 2.17. The van der Waals surface area contributed by atoms with Crippen molar-refractivity contribution in [2.75, 3.05) is 11.0 Å². The molecule has 0 aromatic carbocycles. The quantitative estimate of drug-likeness (QED) is 0.625. The lowest BCUT2D eigenvalue weighted by molar-refractivity contribution is -0.0619. The van der Waals surface area contributed by atoms with Crippen molar-refractivity contribution < 1.29 is 9.84 Å². The maximum Gasteiger partial charge on any atom is 0.0834 e. The molecule has 11 heavy (non-hydrogen) atoms. The van der Waals surface area contributed by atoms with Gasteiger partial charge in [-0.3, -0.25) is 0 Å². The van der Waals surface area contributed by atoms with Crippen molar-refractivity contribution in [1.29, 1.82) is 0 Å². The van der Waals surface area contributed by atoms with Crippen LogP contribution in [0.2, 0.25) is 0 Å². The summed E-state index contributed by atoms with van der Waals surface area (Å²) >= 11 is 2.28. The highest BCUT2D eigenvalue weighted by Gasteiger charge is 2.21. The summed E-state index contributed by atoms with van der Waals surface area (Å²) in [7, 11) is 0. The molecule has 1 saturated heterocycles. The van der Waals surface area contributed by atoms with Crippen molar-refractivity contribution in [1.82, 2.24) is 0 Å². The van der Waals surface area contributed by atoms with Gasteiger partial charge >= 0.3 is 0 Å². The lowest BCUT2D eigenvalue weighted by Crippen LogP contribution is -2.32. The maximum absolute atomic E-state index is 9.54. The van der Waals surface area contributed by atoms with Gasteiger partial charge < -0.3 is 9.84 Å². The van der Waals surface area contributed by atoms with Gasteiger partial charge in [0.2, 0.25) is 0 Å². The van der Waals surface area contributed by atoms with Gasteiger partial charge in [0, 0.05) is 11.0 Å². The Hall–Kier alpha value is 0.650. The molecule has 0 aliphatic carbocycles. The largest absolute Gasteiger partial charge is 0.390 e. The van der Waals surface area contributed by atoms with Crippen LogP contribution in [0.4, 0.5) is 0 Å². The number of ether oxygens (including phenoxy) is 1. The first-order valence-corrected chi connectivity index (χ1v) is 5.73. The highest BCUT2D eigenvalue weighted by atomic mass is 127. The van der Waals surface area contributed by atoms with Crippen LogP contribution in [0.1, 0.15) is 25.7 Å². The molecule has 0 aromatic rings. The minimum atomic E-state index is -0.229. The third-order valence-corrected chi connectivity index (χ3v) is 2.67. The van der Waals surface area contributed by atoms with Gasteiger partial charge in [-0.1, -0.05) is 22.6 Å². The SMILES string of the molecule is OC(CCI)C1CCCCO1. The molecule has 1 aliphatic rings. The topological polar surface area (TPSA) is 29.5 Å². The zero-order valence-electron chi connectivity index (χ0n) is 6.63. The van der Waals surface area contributed by atoms with E-state index in [2.05, 4.69) is 22.6 Å². The Balaban J connectivity index is 2.21. The van der Waals surface area contributed by atoms with Crippen LogP contribution in [0.5, 0.6) is 0 Å². The number of alkyl halides is 1. The molecule has 1 fully saturated rings. The molecular formula is C8H15IO2. The molecule has 0 aromatic heterocycles. The van der Waals surface area contributed by atoms with Crippen molar-refractivity contribution in [2.24, 2.45) is 0 Å². The Kier molecular flexibility index (Phi) is 4.71. The Labute approximate surface area is 81.5 Å². The molecule has 1 rings (SSSR count). The van der Waals surface area contributed by atoms with Crippen molar-refractivity contribution in [3.05, 3.63) is 0 Å². The molecule has 3 heteroatoms. The van der Waals surface area contributed by atoms with Crippen LogP contribution in [0.3, 0.4) is 0 Å². The zero-order valence-corrected chi connectivity index (χ0v) is 8.79. The van der Waals surface area contributed by atoms with Crippen LogP contribution in [0.25, 0.3) is 0 Å². The second-order valence-corrected chi connectivity index (χ2v) is 4.03. The summed E-state index contributed by atoms with van der Waals surface area (Å²) in [5, 5.41) is 9.54. The number of aliphatic hydroxyl groups is 1. The van der Waals surface area contributed by atoms with Gasteiger partial charge in [-0.25, -0.2) is 0 Å². The molecule has 0 bridgehead atoms. The van der Waals surface area contributed by atoms with Crippen LogP contribution in [-0.2, 0) is 4.74 Å². The molecule has 2 unspecified atom stereocenters. The van der Waals surface area contributed by atoms with E-state index in [0.717, 1.165) is 30.3 Å². The maximum atomic E-state index is 9.54. The average Bonchev–Trinajstić information content (AvgIpc) is 2.07. The summed E-state index contributed by atoms with van der Waals surface area (Å²) in [6, 6.07) is 0. The molecular weight excluding hydrogens is 255 g/mol. The van der Waals surface area contributed by atoms with E-state index in [0.29, 0.717) is 0 Å². The Morgan fingerprint density at radius 2 is 2.36 bits per heavy atom. The number of hydrogen-bond acceptors (Lipinski definition) is 2. The summed E-state index contributed by atoms with van der Waals surface area (Å²) < 4.78 is 6.45. The van der Waals surface area contributed by atoms with Crippen LogP contribution < -0.4 is 0 Å². The molecule has 1 aliphatic heterocycles. The number of rotatable bonds is 3. The standard InChI is InChI=1S/C8H15IO2/c9-5-4-7(10)8-3-1-2-6-11-8/h7-8,10H,1-6H2. The number of hydrogen-bond donors (Lipinski definition) is 1. The molecule has 1 N–H and O–H groups in total. The summed E-state index contributed by atoms with van der Waals surface area (Å²) in [4.78, 5) is 0. The first-order valence-electron chi connectivity index (χ1n) is 4.20. The van der Waals surface area contributed by atoms with Crippen molar-refractivity contribution in [3.63, 3.8) is 0 Å². The molecule has 1 heterocycles. The monoisotopic (exact) mass is 270 g/mol. The molecule has 0 amide bonds. The summed E-state index contributed by atoms with van der Waals surface area (Å²) in [5.41, 5.74) is 0. The zero-order chi connectivity index (χ0) is 8.10. The van der Waals surface area contributed by atoms with Crippen molar-refractivity contribution in [2.45, 2.75) is 37.9 Å². The second-order valence-electron chi connectivity index (χ2n) is 2.95. The first-order chi connectivity index (χ1) is 5.34. The van der Waals surface area contributed by atoms with E-state index in [9.17, 15) is 5.11 Å². The van der Waals surface area contributed by atoms with Crippen LogP contribution in [0, 0.1) is 0 Å². The Morgan fingerprint density at radius 3 is 2.91 bits per heavy atom. The van der Waals surface area contributed by atoms with Crippen molar-refractivity contribution in [3.8, 4) is 0 Å². The van der Waals surface area contributed by atoms with E-state index in [-0.39, 0.29) is 12.2 Å². The van der Waals surface area contributed by atoms with Gasteiger partial charge in [-0.2, -0.15) is 0 Å². The molecule has 0 radical (unpaired) electrons. The lowest BCUT2D eigenvalue weighted by Gasteiger charge is -2.26. The smallest absolute Gasteiger partial charge is 0.0834 e. The predicted molar refractivity (Wildman–Crippen MR) is 53.1 cm³/mol. The van der Waals surface area contributed by atoms with Crippen LogP contribution in [0.15, 0.2) is 0 Å². The van der Waals surface area contributed by atoms with Crippen LogP contribution >= 0.6 is 22.6 Å². The number of halogens is 1. The van der Waals surface area contributed by atoms with E-state index >= 15 is 0 Å². The van der Waals surface area contributed by atoms with Gasteiger partial charge in [0.15, 0.2) is 0 Å². The van der Waals surface area contributed by atoms with E-state index in [1.54, 1.807) is 0 Å². The van der Waals surface area contributed by atoms with Crippen LogP contribution in [-0.4, -0.2) is 28.3 Å². The molecule has 0 saturated carbocycles. The summed E-state index contributed by atoms with van der Waals surface area (Å²) in [6.45, 7) is 0.836. The third kappa shape index (κ3) is 3.25. The predicted octanol–water partition coefficient (Wildman–Crippen LogP) is 1.74. The highest BCUT2D eigenvalue weighted by molar-refractivity contribution is 14.1. The Morgan fingerprint density at radius 1 is 1.55 bits per heavy atom. The summed E-state index contributed by atoms with van der Waals surface area (Å²) in [5.74, 6) is 0. The minimum absolute atomic E-state index is 0.124. The molecule has 2 nitrogen and oxygen atoms in total. The van der Waals surface area contributed by atoms with Gasteiger partial charge in [0.25, 0.3) is 0 Å². The van der Waals surface area contributed by atoms with E-state index in [1.165, 1.54) is 6.42 Å². The molecule has 0 spiro atoms. The fraction of sp³-hybridized carbons (Fsp3) is 1.00. The lowest BCUT2D eigenvalue weighted by atomic mass is 10.0. The second kappa shape index (κ2) is 5.32. The molecule has 2 atom stereocenters. The van der Waals surface area contributed by atoms with E-state index in [4.69, 9.17) is 4.74 Å². The fourth-order valence-corrected chi connectivity index (χ4v) is 2.00. The normalized spacial score (nSPS) is 28.4. The van der Waals surface area contributed by atoms with E-state index in [1.807, 2.05) is 0 Å². The minimum Gasteiger partial charge on any atom is -0.390 e. The third-order valence-electron chi connectivity index (χ3n) is 2.05. The Bertz CT molecular complexity index is 102. The molecule has 66 valence electrons. The van der Waals surface area contributed by atoms with Gasteiger partial charge in [0.05, 0.1) is 12.2 Å².